The Balaban J connectivity index is 0. The number of hydrogen-bond acceptors (Lipinski definition) is 5. The van der Waals surface area contributed by atoms with Crippen LogP contribution < -0.4 is 56.5 Å². The summed E-state index contributed by atoms with van der Waals surface area (Å²) in [6.07, 6.45) is -4.71. The molecule has 58 valence electrons. The Labute approximate surface area is 104 Å². The molecule has 0 aromatic carbocycles. The monoisotopic (exact) mass is 188 g/mol. The number of aliphatic hydroxyl groups excluding tert-OH is 2. The molecular formula is C4H5KO6. The van der Waals surface area contributed by atoms with E-state index in [0.717, 1.165) is 0 Å². The fourth-order valence-electron chi connectivity index (χ4n) is 0.264. The molecule has 3 N–H and O–H groups in total. The number of aliphatic carboxylic acids is 2. The second kappa shape index (κ2) is 6.06. The molecule has 0 aromatic heterocycles. The van der Waals surface area contributed by atoms with E-state index in [1.165, 1.54) is 0 Å². The van der Waals surface area contributed by atoms with Crippen LogP contribution in [-0.4, -0.2) is 39.5 Å². The summed E-state index contributed by atoms with van der Waals surface area (Å²) in [4.78, 5) is 19.4. The molecule has 0 aromatic rings. The predicted molar refractivity (Wildman–Crippen MR) is 24.7 cm³/mol. The minimum absolute atomic E-state index is 0. The summed E-state index contributed by atoms with van der Waals surface area (Å²) < 4.78 is 0. The summed E-state index contributed by atoms with van der Waals surface area (Å²) in [5, 5.41) is 34.1. The van der Waals surface area contributed by atoms with Crippen LogP contribution in [0.3, 0.4) is 0 Å². The summed E-state index contributed by atoms with van der Waals surface area (Å²) in [5.41, 5.74) is 0. The van der Waals surface area contributed by atoms with E-state index < -0.39 is 24.1 Å². The van der Waals surface area contributed by atoms with Crippen molar-refractivity contribution in [2.75, 3.05) is 0 Å². The Hall–Kier alpha value is 0.496. The van der Waals surface area contributed by atoms with E-state index in [-0.39, 0.29) is 51.4 Å². The van der Waals surface area contributed by atoms with Gasteiger partial charge in [0.15, 0.2) is 6.10 Å². The minimum atomic E-state index is -2.38. The molecule has 0 spiro atoms. The van der Waals surface area contributed by atoms with Gasteiger partial charge in [0, 0.05) is 0 Å². The number of carbonyl (C=O) groups is 2. The van der Waals surface area contributed by atoms with Crippen LogP contribution in [0.2, 0.25) is 0 Å². The molecule has 0 aliphatic heterocycles. The van der Waals surface area contributed by atoms with Crippen molar-refractivity contribution in [2.45, 2.75) is 12.2 Å². The number of carboxylic acids is 2. The summed E-state index contributed by atoms with van der Waals surface area (Å²) >= 11 is 0. The van der Waals surface area contributed by atoms with E-state index in [9.17, 15) is 14.7 Å². The summed E-state index contributed by atoms with van der Waals surface area (Å²) in [6, 6.07) is 0. The van der Waals surface area contributed by atoms with Crippen molar-refractivity contribution in [2.24, 2.45) is 0 Å². The van der Waals surface area contributed by atoms with Crippen molar-refractivity contribution in [3.63, 3.8) is 0 Å². The largest absolute Gasteiger partial charge is 1.00 e. The zero-order chi connectivity index (χ0) is 8.31. The SMILES string of the molecule is O=C([O-])[C@H](O)[C@@H](O)C(=O)O.[K+]. The molecule has 2 atom stereocenters. The quantitative estimate of drug-likeness (QED) is 0.379. The summed E-state index contributed by atoms with van der Waals surface area (Å²) in [5.74, 6) is -3.83. The van der Waals surface area contributed by atoms with Gasteiger partial charge in [0.05, 0.1) is 5.97 Å². The first-order chi connectivity index (χ1) is 4.46. The minimum Gasteiger partial charge on any atom is -0.547 e. The van der Waals surface area contributed by atoms with Crippen LogP contribution in [0, 0.1) is 0 Å². The molecule has 0 heterocycles. The van der Waals surface area contributed by atoms with E-state index in [1.807, 2.05) is 0 Å². The van der Waals surface area contributed by atoms with Gasteiger partial charge in [0.25, 0.3) is 0 Å². The van der Waals surface area contributed by atoms with Crippen LogP contribution >= 0.6 is 0 Å². The molecule has 0 fully saturated rings. The zero-order valence-electron chi connectivity index (χ0n) is 5.72. The second-order valence-electron chi connectivity index (χ2n) is 1.55. The van der Waals surface area contributed by atoms with Gasteiger partial charge < -0.3 is 25.2 Å². The van der Waals surface area contributed by atoms with E-state index in [2.05, 4.69) is 0 Å². The Morgan fingerprint density at radius 1 is 1.18 bits per heavy atom. The fourth-order valence-corrected chi connectivity index (χ4v) is 0.264. The number of carboxylic acid groups (broad SMARTS) is 2. The zero-order valence-corrected chi connectivity index (χ0v) is 8.84. The van der Waals surface area contributed by atoms with Gasteiger partial charge in [-0.1, -0.05) is 0 Å². The molecule has 0 unspecified atom stereocenters. The Morgan fingerprint density at radius 2 is 1.55 bits per heavy atom. The van der Waals surface area contributed by atoms with Crippen LogP contribution in [0.4, 0.5) is 0 Å². The van der Waals surface area contributed by atoms with Crippen LogP contribution in [0.25, 0.3) is 0 Å². The Kier molecular flexibility index (Phi) is 7.74. The fraction of sp³-hybridized carbons (Fsp3) is 0.500. The average molecular weight is 188 g/mol. The van der Waals surface area contributed by atoms with Crippen LogP contribution in [0.1, 0.15) is 0 Å². The summed E-state index contributed by atoms with van der Waals surface area (Å²) in [7, 11) is 0. The first-order valence-electron chi connectivity index (χ1n) is 2.26. The molecule has 7 heteroatoms. The van der Waals surface area contributed by atoms with Crippen LogP contribution in [0.5, 0.6) is 0 Å². The van der Waals surface area contributed by atoms with Crippen molar-refractivity contribution in [3.8, 4) is 0 Å². The van der Waals surface area contributed by atoms with Gasteiger partial charge in [-0.25, -0.2) is 4.79 Å². The molecule has 0 saturated heterocycles. The van der Waals surface area contributed by atoms with E-state index in [4.69, 9.17) is 15.3 Å². The molecular weight excluding hydrogens is 183 g/mol. The summed E-state index contributed by atoms with van der Waals surface area (Å²) in [6.45, 7) is 0. The second-order valence-corrected chi connectivity index (χ2v) is 1.55. The Morgan fingerprint density at radius 3 is 1.64 bits per heavy atom. The van der Waals surface area contributed by atoms with Gasteiger partial charge in [0.1, 0.15) is 6.10 Å². The van der Waals surface area contributed by atoms with Gasteiger partial charge in [0.2, 0.25) is 0 Å². The number of hydrogen-bond donors (Lipinski definition) is 3. The number of rotatable bonds is 3. The van der Waals surface area contributed by atoms with E-state index >= 15 is 0 Å². The Bertz CT molecular complexity index is 139. The van der Waals surface area contributed by atoms with Gasteiger partial charge >= 0.3 is 57.4 Å². The molecule has 0 bridgehead atoms. The molecule has 0 saturated carbocycles. The van der Waals surface area contributed by atoms with E-state index in [0.29, 0.717) is 0 Å². The first kappa shape index (κ1) is 14.0. The van der Waals surface area contributed by atoms with Gasteiger partial charge in [-0.05, 0) is 0 Å². The normalized spacial score (nSPS) is 14.4. The molecule has 0 aliphatic carbocycles. The van der Waals surface area contributed by atoms with Crippen molar-refractivity contribution >= 4 is 11.9 Å². The molecule has 0 radical (unpaired) electrons. The van der Waals surface area contributed by atoms with Crippen molar-refractivity contribution in [1.29, 1.82) is 0 Å². The van der Waals surface area contributed by atoms with Crippen molar-refractivity contribution in [1.82, 2.24) is 0 Å². The molecule has 0 rings (SSSR count). The maximum absolute atomic E-state index is 9.74. The van der Waals surface area contributed by atoms with Gasteiger partial charge in [-0.2, -0.15) is 0 Å². The smallest absolute Gasteiger partial charge is 0.547 e. The van der Waals surface area contributed by atoms with Gasteiger partial charge in [-0.3, -0.25) is 0 Å². The molecule has 0 aliphatic rings. The average Bonchev–Trinajstić information content (AvgIpc) is 1.84. The third-order valence-corrected chi connectivity index (χ3v) is 0.794. The van der Waals surface area contributed by atoms with Crippen LogP contribution in [0.15, 0.2) is 0 Å². The first-order valence-corrected chi connectivity index (χ1v) is 2.26. The van der Waals surface area contributed by atoms with E-state index in [1.54, 1.807) is 0 Å². The van der Waals surface area contributed by atoms with Gasteiger partial charge in [-0.15, -0.1) is 0 Å². The standard InChI is InChI=1S/C4H6O6.K/c5-1(3(7)8)2(6)4(9)10;/h1-2,5-6H,(H,7,8)(H,9,10);/q;+1/p-1/t1-,2-;/m1./s1. The number of aliphatic hydroxyl groups is 2. The maximum atomic E-state index is 9.74. The van der Waals surface area contributed by atoms with Crippen molar-refractivity contribution in [3.05, 3.63) is 0 Å². The number of carbonyl (C=O) groups excluding carboxylic acids is 1. The topological polar surface area (TPSA) is 118 Å². The predicted octanol–water partition coefficient (Wildman–Crippen LogP) is -6.45. The third-order valence-electron chi connectivity index (χ3n) is 0.794. The third kappa shape index (κ3) is 4.85. The van der Waals surface area contributed by atoms with Crippen LogP contribution in [-0.2, 0) is 9.59 Å². The molecule has 6 nitrogen and oxygen atoms in total. The maximum Gasteiger partial charge on any atom is 1.00 e. The molecule has 11 heavy (non-hydrogen) atoms. The molecule has 0 amide bonds. The van der Waals surface area contributed by atoms with Crippen molar-refractivity contribution < 1.29 is 81.4 Å².